The minimum atomic E-state index is -2.98. The molecule has 2 rings (SSSR count). The Balaban J connectivity index is 1.82. The first-order valence-electron chi connectivity index (χ1n) is 6.12. The molecule has 3 N–H and O–H groups in total. The molecule has 1 aromatic rings. The normalized spacial score (nSPS) is 21.0. The average molecular weight is 319 g/mol. The molecule has 1 saturated heterocycles. The quantitative estimate of drug-likeness (QED) is 0.645. The Hall–Kier alpha value is -1.13. The lowest BCUT2D eigenvalue weighted by Gasteiger charge is -2.10. The van der Waals surface area contributed by atoms with Crippen LogP contribution in [0.25, 0.3) is 0 Å². The van der Waals surface area contributed by atoms with Gasteiger partial charge in [0.1, 0.15) is 5.82 Å². The van der Waals surface area contributed by atoms with Gasteiger partial charge in [-0.15, -0.1) is 10.2 Å². The van der Waals surface area contributed by atoms with E-state index in [4.69, 9.17) is 5.73 Å². The number of nitrogens with one attached hydrogen (secondary N) is 1. The fourth-order valence-electron chi connectivity index (χ4n) is 1.96. The summed E-state index contributed by atoms with van der Waals surface area (Å²) in [6.07, 6.45) is 0.486. The second-order valence-electron chi connectivity index (χ2n) is 4.62. The SMILES string of the molecule is Cn1c(CN)nnc1SCC(=O)NC1CCS(=O)(=O)C1. The van der Waals surface area contributed by atoms with E-state index >= 15 is 0 Å². The summed E-state index contributed by atoms with van der Waals surface area (Å²) < 4.78 is 24.3. The summed E-state index contributed by atoms with van der Waals surface area (Å²) in [5, 5.41) is 11.2. The fourth-order valence-corrected chi connectivity index (χ4v) is 4.37. The number of nitrogens with zero attached hydrogens (tertiary/aromatic N) is 3. The number of carbonyl (C=O) groups excluding carboxylic acids is 1. The molecule has 2 heterocycles. The van der Waals surface area contributed by atoms with Crippen molar-refractivity contribution in [3.05, 3.63) is 5.82 Å². The van der Waals surface area contributed by atoms with Gasteiger partial charge in [0.05, 0.1) is 23.8 Å². The van der Waals surface area contributed by atoms with E-state index in [0.717, 1.165) is 0 Å². The van der Waals surface area contributed by atoms with Crippen LogP contribution in [0.15, 0.2) is 5.16 Å². The lowest BCUT2D eigenvalue weighted by atomic mass is 10.3. The Kier molecular flexibility index (Phi) is 4.66. The van der Waals surface area contributed by atoms with E-state index < -0.39 is 9.84 Å². The first-order chi connectivity index (χ1) is 9.41. The largest absolute Gasteiger partial charge is 0.352 e. The molecule has 0 spiro atoms. The maximum atomic E-state index is 11.8. The van der Waals surface area contributed by atoms with Crippen LogP contribution in [0.5, 0.6) is 0 Å². The molecule has 0 saturated carbocycles. The predicted molar refractivity (Wildman–Crippen MR) is 74.8 cm³/mol. The van der Waals surface area contributed by atoms with Crippen molar-refractivity contribution in [3.63, 3.8) is 0 Å². The summed E-state index contributed by atoms with van der Waals surface area (Å²) in [6.45, 7) is 0.288. The van der Waals surface area contributed by atoms with E-state index in [1.165, 1.54) is 11.8 Å². The third-order valence-corrected chi connectivity index (χ3v) is 5.83. The van der Waals surface area contributed by atoms with Gasteiger partial charge < -0.3 is 15.6 Å². The van der Waals surface area contributed by atoms with E-state index in [-0.39, 0.29) is 35.8 Å². The predicted octanol–water partition coefficient (Wildman–Crippen LogP) is -1.33. The van der Waals surface area contributed by atoms with Crippen LogP contribution < -0.4 is 11.1 Å². The molecule has 8 nitrogen and oxygen atoms in total. The van der Waals surface area contributed by atoms with Crippen molar-refractivity contribution >= 4 is 27.5 Å². The molecule has 0 radical (unpaired) electrons. The van der Waals surface area contributed by atoms with Crippen molar-refractivity contribution in [2.45, 2.75) is 24.2 Å². The molecule has 112 valence electrons. The molecule has 1 atom stereocenters. The lowest BCUT2D eigenvalue weighted by molar-refractivity contribution is -0.119. The molecule has 1 aliphatic heterocycles. The Morgan fingerprint density at radius 1 is 1.55 bits per heavy atom. The number of sulfone groups is 1. The van der Waals surface area contributed by atoms with Gasteiger partial charge in [0.15, 0.2) is 15.0 Å². The zero-order valence-electron chi connectivity index (χ0n) is 11.1. The van der Waals surface area contributed by atoms with E-state index in [9.17, 15) is 13.2 Å². The van der Waals surface area contributed by atoms with Gasteiger partial charge in [0.25, 0.3) is 0 Å². The Morgan fingerprint density at radius 3 is 2.85 bits per heavy atom. The van der Waals surface area contributed by atoms with E-state index in [2.05, 4.69) is 15.5 Å². The van der Waals surface area contributed by atoms with Gasteiger partial charge in [-0.25, -0.2) is 8.42 Å². The second-order valence-corrected chi connectivity index (χ2v) is 7.79. The Morgan fingerprint density at radius 2 is 2.30 bits per heavy atom. The van der Waals surface area contributed by atoms with Crippen molar-refractivity contribution in [2.75, 3.05) is 17.3 Å². The van der Waals surface area contributed by atoms with Crippen LogP contribution in [0.4, 0.5) is 0 Å². The first kappa shape index (κ1) is 15.3. The third-order valence-electron chi connectivity index (χ3n) is 3.04. The van der Waals surface area contributed by atoms with Crippen molar-refractivity contribution < 1.29 is 13.2 Å². The molecule has 0 bridgehead atoms. The fraction of sp³-hybridized carbons (Fsp3) is 0.700. The van der Waals surface area contributed by atoms with Gasteiger partial charge in [-0.2, -0.15) is 0 Å². The summed E-state index contributed by atoms with van der Waals surface area (Å²) in [6, 6.07) is -0.271. The van der Waals surface area contributed by atoms with Gasteiger partial charge in [-0.3, -0.25) is 4.79 Å². The summed E-state index contributed by atoms with van der Waals surface area (Å²) in [4.78, 5) is 11.8. The van der Waals surface area contributed by atoms with Crippen LogP contribution >= 0.6 is 11.8 Å². The molecule has 1 amide bonds. The van der Waals surface area contributed by atoms with Crippen LogP contribution in [-0.2, 0) is 28.2 Å². The summed E-state index contributed by atoms with van der Waals surface area (Å²) in [5.41, 5.74) is 5.49. The van der Waals surface area contributed by atoms with Crippen LogP contribution in [0.1, 0.15) is 12.2 Å². The molecule has 1 unspecified atom stereocenters. The molecule has 0 aliphatic carbocycles. The molecule has 1 aliphatic rings. The second kappa shape index (κ2) is 6.10. The van der Waals surface area contributed by atoms with Crippen molar-refractivity contribution in [3.8, 4) is 0 Å². The van der Waals surface area contributed by atoms with Crippen LogP contribution in [-0.4, -0.2) is 52.4 Å². The topological polar surface area (TPSA) is 120 Å². The molecular weight excluding hydrogens is 302 g/mol. The molecule has 1 aromatic heterocycles. The summed E-state index contributed by atoms with van der Waals surface area (Å²) in [5.74, 6) is 0.802. The van der Waals surface area contributed by atoms with E-state index in [0.29, 0.717) is 17.4 Å². The number of hydrogen-bond acceptors (Lipinski definition) is 7. The molecule has 0 aromatic carbocycles. The molecule has 1 fully saturated rings. The minimum Gasteiger partial charge on any atom is -0.352 e. The molecule has 20 heavy (non-hydrogen) atoms. The standard InChI is InChI=1S/C10H17N5O3S2/c1-15-8(4-11)13-14-10(15)19-5-9(16)12-7-2-3-20(17,18)6-7/h7H,2-6,11H2,1H3,(H,12,16). The third kappa shape index (κ3) is 3.70. The zero-order chi connectivity index (χ0) is 14.8. The molecular formula is C10H17N5O3S2. The van der Waals surface area contributed by atoms with Gasteiger partial charge in [0, 0.05) is 13.1 Å². The highest BCUT2D eigenvalue weighted by molar-refractivity contribution is 7.99. The maximum Gasteiger partial charge on any atom is 0.230 e. The number of rotatable bonds is 5. The first-order valence-corrected chi connectivity index (χ1v) is 8.93. The van der Waals surface area contributed by atoms with Crippen molar-refractivity contribution in [2.24, 2.45) is 12.8 Å². The highest BCUT2D eigenvalue weighted by Gasteiger charge is 2.28. The van der Waals surface area contributed by atoms with Crippen molar-refractivity contribution in [1.29, 1.82) is 0 Å². The van der Waals surface area contributed by atoms with Gasteiger partial charge >= 0.3 is 0 Å². The van der Waals surface area contributed by atoms with Crippen LogP contribution in [0, 0.1) is 0 Å². The average Bonchev–Trinajstić information content (AvgIpc) is 2.90. The Labute approximate surface area is 121 Å². The number of thioether (sulfide) groups is 1. The zero-order valence-corrected chi connectivity index (χ0v) is 12.7. The van der Waals surface area contributed by atoms with Crippen molar-refractivity contribution in [1.82, 2.24) is 20.1 Å². The number of hydrogen-bond donors (Lipinski definition) is 2. The van der Waals surface area contributed by atoms with Gasteiger partial charge in [-0.05, 0) is 6.42 Å². The highest BCUT2D eigenvalue weighted by Crippen LogP contribution is 2.16. The molecule has 10 heteroatoms. The van der Waals surface area contributed by atoms with E-state index in [1.807, 2.05) is 0 Å². The number of carbonyl (C=O) groups is 1. The van der Waals surface area contributed by atoms with E-state index in [1.54, 1.807) is 11.6 Å². The number of amides is 1. The van der Waals surface area contributed by atoms with Gasteiger partial charge in [0.2, 0.25) is 5.91 Å². The number of nitrogens with two attached hydrogens (primary N) is 1. The monoisotopic (exact) mass is 319 g/mol. The van der Waals surface area contributed by atoms with Crippen LogP contribution in [0.3, 0.4) is 0 Å². The highest BCUT2D eigenvalue weighted by atomic mass is 32.2. The van der Waals surface area contributed by atoms with Crippen LogP contribution in [0.2, 0.25) is 0 Å². The van der Waals surface area contributed by atoms with Gasteiger partial charge in [-0.1, -0.05) is 11.8 Å². The minimum absolute atomic E-state index is 0.0324. The smallest absolute Gasteiger partial charge is 0.230 e. The lowest BCUT2D eigenvalue weighted by Crippen LogP contribution is -2.36. The number of aromatic nitrogens is 3. The maximum absolute atomic E-state index is 11.8. The Bertz CT molecular complexity index is 598. The summed E-state index contributed by atoms with van der Waals surface area (Å²) >= 11 is 1.25. The summed E-state index contributed by atoms with van der Waals surface area (Å²) in [7, 11) is -1.19.